The maximum Gasteiger partial charge on any atom is 0.276 e. The summed E-state index contributed by atoms with van der Waals surface area (Å²) in [6.07, 6.45) is 5.73. The number of aromatic nitrogens is 3. The average molecular weight is 262 g/mol. The molecule has 0 radical (unpaired) electrons. The zero-order valence-electron chi connectivity index (χ0n) is 11.9. The summed E-state index contributed by atoms with van der Waals surface area (Å²) in [4.78, 5) is 12.3. The summed E-state index contributed by atoms with van der Waals surface area (Å²) in [5.41, 5.74) is 1.55. The monoisotopic (exact) mass is 262 g/mol. The van der Waals surface area contributed by atoms with Crippen LogP contribution in [0.4, 0.5) is 0 Å². The largest absolute Gasteiger partial charge is 0.314 e. The number of hydrogen-bond acceptors (Lipinski definition) is 3. The van der Waals surface area contributed by atoms with E-state index in [9.17, 15) is 4.79 Å². The minimum Gasteiger partial charge on any atom is -0.314 e. The lowest BCUT2D eigenvalue weighted by Gasteiger charge is -2.13. The summed E-state index contributed by atoms with van der Waals surface area (Å²) in [6, 6.07) is 2.26. The summed E-state index contributed by atoms with van der Waals surface area (Å²) < 4.78 is 3.41. The van der Waals surface area contributed by atoms with Gasteiger partial charge in [-0.15, -0.1) is 0 Å². The summed E-state index contributed by atoms with van der Waals surface area (Å²) in [7, 11) is 0. The fourth-order valence-corrected chi connectivity index (χ4v) is 2.15. The molecule has 2 aromatic heterocycles. The van der Waals surface area contributed by atoms with E-state index in [2.05, 4.69) is 24.3 Å². The molecule has 0 saturated carbocycles. The molecule has 5 nitrogen and oxygen atoms in total. The van der Waals surface area contributed by atoms with Gasteiger partial charge >= 0.3 is 0 Å². The molecule has 2 aromatic rings. The van der Waals surface area contributed by atoms with Crippen molar-refractivity contribution in [1.29, 1.82) is 0 Å². The van der Waals surface area contributed by atoms with E-state index in [1.165, 1.54) is 0 Å². The van der Waals surface area contributed by atoms with E-state index < -0.39 is 0 Å². The molecule has 1 unspecified atom stereocenters. The van der Waals surface area contributed by atoms with Crippen molar-refractivity contribution in [2.45, 2.75) is 46.2 Å². The summed E-state index contributed by atoms with van der Waals surface area (Å²) in [6.45, 7) is 7.96. The Balaban J connectivity index is 2.09. The lowest BCUT2D eigenvalue weighted by atomic mass is 10.2. The van der Waals surface area contributed by atoms with Gasteiger partial charge in [-0.3, -0.25) is 4.79 Å². The average Bonchev–Trinajstić information content (AvgIpc) is 2.77. The Labute approximate surface area is 113 Å². The van der Waals surface area contributed by atoms with E-state index in [1.807, 2.05) is 25.4 Å². The Morgan fingerprint density at radius 1 is 1.42 bits per heavy atom. The zero-order chi connectivity index (χ0) is 13.8. The number of aryl methyl sites for hydroxylation is 2. The van der Waals surface area contributed by atoms with Crippen molar-refractivity contribution in [3.63, 3.8) is 0 Å². The highest BCUT2D eigenvalue weighted by atomic mass is 16.1. The third-order valence-electron chi connectivity index (χ3n) is 3.27. The quantitative estimate of drug-likeness (QED) is 0.860. The first-order valence-electron chi connectivity index (χ1n) is 6.90. The molecule has 0 saturated heterocycles. The molecule has 0 aliphatic rings. The third-order valence-corrected chi connectivity index (χ3v) is 3.27. The van der Waals surface area contributed by atoms with Crippen molar-refractivity contribution in [2.75, 3.05) is 6.54 Å². The van der Waals surface area contributed by atoms with E-state index in [0.717, 1.165) is 31.6 Å². The van der Waals surface area contributed by atoms with Crippen LogP contribution in [0.15, 0.2) is 23.3 Å². The summed E-state index contributed by atoms with van der Waals surface area (Å²) in [5.74, 6) is 0. The first kappa shape index (κ1) is 13.8. The van der Waals surface area contributed by atoms with Crippen molar-refractivity contribution in [2.24, 2.45) is 0 Å². The minimum atomic E-state index is 0.0331. The Hall–Kier alpha value is -1.62. The standard InChI is InChI=1S/C14H22N4O/c1-4-6-15-11(2)5-7-17-8-9-18-13(14(17)19)10-12(3)16-18/h8-11,15H,4-7H2,1-3H3. The van der Waals surface area contributed by atoms with Crippen LogP contribution >= 0.6 is 0 Å². The second-order valence-corrected chi connectivity index (χ2v) is 5.06. The molecule has 5 heteroatoms. The lowest BCUT2D eigenvalue weighted by Crippen LogP contribution is -2.30. The van der Waals surface area contributed by atoms with Crippen LogP contribution in [0.3, 0.4) is 0 Å². The van der Waals surface area contributed by atoms with Gasteiger partial charge in [0.05, 0.1) is 5.69 Å². The predicted molar refractivity (Wildman–Crippen MR) is 76.6 cm³/mol. The van der Waals surface area contributed by atoms with Gasteiger partial charge in [0.25, 0.3) is 5.56 Å². The van der Waals surface area contributed by atoms with Crippen LogP contribution in [0.1, 0.15) is 32.4 Å². The molecule has 19 heavy (non-hydrogen) atoms. The molecule has 0 bridgehead atoms. The highest BCUT2D eigenvalue weighted by Crippen LogP contribution is 2.01. The van der Waals surface area contributed by atoms with Crippen LogP contribution in [0.25, 0.3) is 5.52 Å². The zero-order valence-corrected chi connectivity index (χ0v) is 11.9. The Morgan fingerprint density at radius 3 is 2.95 bits per heavy atom. The summed E-state index contributed by atoms with van der Waals surface area (Å²) in [5, 5.41) is 7.67. The first-order valence-corrected chi connectivity index (χ1v) is 6.90. The SMILES string of the molecule is CCCNC(C)CCn1ccn2nc(C)cc2c1=O. The molecule has 2 heterocycles. The molecule has 2 rings (SSSR count). The highest BCUT2D eigenvalue weighted by Gasteiger charge is 2.06. The summed E-state index contributed by atoms with van der Waals surface area (Å²) >= 11 is 0. The molecule has 104 valence electrons. The molecule has 0 aliphatic carbocycles. The Bertz CT molecular complexity index is 599. The van der Waals surface area contributed by atoms with Gasteiger partial charge < -0.3 is 9.88 Å². The van der Waals surface area contributed by atoms with Gasteiger partial charge in [-0.05, 0) is 39.3 Å². The maximum atomic E-state index is 12.3. The number of rotatable bonds is 6. The van der Waals surface area contributed by atoms with E-state index in [-0.39, 0.29) is 5.56 Å². The van der Waals surface area contributed by atoms with Crippen LogP contribution in [0, 0.1) is 6.92 Å². The third kappa shape index (κ3) is 3.23. The number of hydrogen-bond donors (Lipinski definition) is 1. The fraction of sp³-hybridized carbons (Fsp3) is 0.571. The molecular formula is C14H22N4O. The smallest absolute Gasteiger partial charge is 0.276 e. The maximum absolute atomic E-state index is 12.3. The molecule has 1 N–H and O–H groups in total. The van der Waals surface area contributed by atoms with Crippen molar-refractivity contribution < 1.29 is 0 Å². The van der Waals surface area contributed by atoms with E-state index in [4.69, 9.17) is 0 Å². The van der Waals surface area contributed by atoms with Crippen LogP contribution in [0.5, 0.6) is 0 Å². The molecule has 0 amide bonds. The van der Waals surface area contributed by atoms with Crippen LogP contribution in [0.2, 0.25) is 0 Å². The van der Waals surface area contributed by atoms with Crippen molar-refractivity contribution in [3.8, 4) is 0 Å². The Kier molecular flexibility index (Phi) is 4.37. The normalized spacial score (nSPS) is 13.0. The van der Waals surface area contributed by atoms with Crippen molar-refractivity contribution >= 4 is 5.52 Å². The van der Waals surface area contributed by atoms with Crippen LogP contribution in [-0.2, 0) is 6.54 Å². The molecule has 0 spiro atoms. The number of fused-ring (bicyclic) bond motifs is 1. The molecule has 1 atom stereocenters. The van der Waals surface area contributed by atoms with E-state index in [0.29, 0.717) is 11.6 Å². The topological polar surface area (TPSA) is 51.3 Å². The Morgan fingerprint density at radius 2 is 2.21 bits per heavy atom. The number of nitrogens with one attached hydrogen (secondary N) is 1. The van der Waals surface area contributed by atoms with E-state index in [1.54, 1.807) is 9.08 Å². The van der Waals surface area contributed by atoms with Gasteiger partial charge in [0.15, 0.2) is 0 Å². The molecule has 0 aromatic carbocycles. The second-order valence-electron chi connectivity index (χ2n) is 5.06. The van der Waals surface area contributed by atoms with Gasteiger partial charge in [-0.25, -0.2) is 4.52 Å². The lowest BCUT2D eigenvalue weighted by molar-refractivity contribution is 0.471. The fourth-order valence-electron chi connectivity index (χ4n) is 2.15. The van der Waals surface area contributed by atoms with Crippen LogP contribution < -0.4 is 10.9 Å². The van der Waals surface area contributed by atoms with Gasteiger partial charge in [-0.1, -0.05) is 6.92 Å². The number of nitrogens with zero attached hydrogens (tertiary/aromatic N) is 3. The second kappa shape index (κ2) is 6.02. The molecular weight excluding hydrogens is 240 g/mol. The minimum absolute atomic E-state index is 0.0331. The van der Waals surface area contributed by atoms with E-state index >= 15 is 0 Å². The van der Waals surface area contributed by atoms with Crippen molar-refractivity contribution in [1.82, 2.24) is 19.5 Å². The van der Waals surface area contributed by atoms with Gasteiger partial charge in [0.1, 0.15) is 5.52 Å². The van der Waals surface area contributed by atoms with Gasteiger partial charge in [0.2, 0.25) is 0 Å². The van der Waals surface area contributed by atoms with Gasteiger partial charge in [0, 0.05) is 25.0 Å². The van der Waals surface area contributed by atoms with Crippen LogP contribution in [-0.4, -0.2) is 26.8 Å². The van der Waals surface area contributed by atoms with Gasteiger partial charge in [-0.2, -0.15) is 5.10 Å². The first-order chi connectivity index (χ1) is 9.11. The predicted octanol–water partition coefficient (Wildman–Crippen LogP) is 1.58. The molecule has 0 aliphatic heterocycles. The highest BCUT2D eigenvalue weighted by molar-refractivity contribution is 5.44. The van der Waals surface area contributed by atoms with Crippen molar-refractivity contribution in [3.05, 3.63) is 34.5 Å². The molecule has 0 fully saturated rings.